The van der Waals surface area contributed by atoms with Crippen LogP contribution >= 0.6 is 11.6 Å². The van der Waals surface area contributed by atoms with E-state index in [2.05, 4.69) is 4.72 Å². The number of nitrogens with one attached hydrogen (secondary N) is 1. The van der Waals surface area contributed by atoms with Gasteiger partial charge in [-0.1, -0.05) is 17.7 Å². The second-order valence-electron chi connectivity index (χ2n) is 7.74. The molecule has 152 valence electrons. The highest BCUT2D eigenvalue weighted by molar-refractivity contribution is 7.88. The topological polar surface area (TPSA) is 75.7 Å². The van der Waals surface area contributed by atoms with Gasteiger partial charge in [-0.15, -0.1) is 0 Å². The van der Waals surface area contributed by atoms with E-state index in [9.17, 15) is 17.6 Å². The zero-order valence-electron chi connectivity index (χ0n) is 15.8. The Labute approximate surface area is 165 Å². The van der Waals surface area contributed by atoms with E-state index in [1.807, 2.05) is 0 Å². The molecule has 0 aromatic heterocycles. The Balaban J connectivity index is 1.92. The molecule has 1 fully saturated rings. The molecule has 1 aliphatic heterocycles. The molecule has 1 saturated heterocycles. The average molecular weight is 421 g/mol. The number of rotatable bonds is 5. The first-order valence-electron chi connectivity index (χ1n) is 8.85. The molecule has 0 unspecified atom stereocenters. The van der Waals surface area contributed by atoms with Crippen molar-refractivity contribution in [2.45, 2.75) is 45.0 Å². The number of piperidine rings is 1. The van der Waals surface area contributed by atoms with E-state index in [1.165, 1.54) is 18.2 Å². The van der Waals surface area contributed by atoms with Crippen LogP contribution in [0.25, 0.3) is 0 Å². The van der Waals surface area contributed by atoms with Crippen LogP contribution < -0.4 is 4.72 Å². The Morgan fingerprint density at radius 3 is 2.74 bits per heavy atom. The molecule has 0 aliphatic carbocycles. The lowest BCUT2D eigenvalue weighted by Gasteiger charge is -2.34. The largest absolute Gasteiger partial charge is 0.444 e. The number of nitrogens with zero attached hydrogens (tertiary/aromatic N) is 1. The van der Waals surface area contributed by atoms with Gasteiger partial charge in [-0.25, -0.2) is 22.3 Å². The average Bonchev–Trinajstić information content (AvgIpc) is 2.55. The number of sulfonamides is 1. The fourth-order valence-corrected chi connectivity index (χ4v) is 4.45. The summed E-state index contributed by atoms with van der Waals surface area (Å²) in [5.41, 5.74) is -0.629. The van der Waals surface area contributed by atoms with Crippen LogP contribution in [0.2, 0.25) is 5.02 Å². The van der Waals surface area contributed by atoms with Crippen LogP contribution in [0.1, 0.15) is 39.2 Å². The minimum Gasteiger partial charge on any atom is -0.444 e. The summed E-state index contributed by atoms with van der Waals surface area (Å²) in [7, 11) is -3.75. The molecule has 0 bridgehead atoms. The third-order valence-corrected chi connectivity index (χ3v) is 5.79. The van der Waals surface area contributed by atoms with Gasteiger partial charge in [0.15, 0.2) is 0 Å². The van der Waals surface area contributed by atoms with Gasteiger partial charge in [0, 0.05) is 30.2 Å². The summed E-state index contributed by atoms with van der Waals surface area (Å²) in [5.74, 6) is -1.21. The summed E-state index contributed by atoms with van der Waals surface area (Å²) in [6, 6.07) is 4.06. The van der Waals surface area contributed by atoms with Crippen molar-refractivity contribution in [3.8, 4) is 0 Å². The summed E-state index contributed by atoms with van der Waals surface area (Å²) >= 11 is 5.90. The number of halogens is 2. The Kier molecular flexibility index (Phi) is 7.10. The van der Waals surface area contributed by atoms with Gasteiger partial charge >= 0.3 is 6.09 Å². The van der Waals surface area contributed by atoms with E-state index in [-0.39, 0.29) is 23.0 Å². The normalized spacial score (nSPS) is 18.4. The molecule has 1 aliphatic rings. The first-order chi connectivity index (χ1) is 12.5. The molecular formula is C18H26ClFN2O4S. The van der Waals surface area contributed by atoms with Gasteiger partial charge in [-0.2, -0.15) is 0 Å². The molecule has 1 N–H and O–H groups in total. The second-order valence-corrected chi connectivity index (χ2v) is 9.96. The van der Waals surface area contributed by atoms with Gasteiger partial charge in [0.25, 0.3) is 0 Å². The summed E-state index contributed by atoms with van der Waals surface area (Å²) in [5, 5.41) is 0.0779. The molecule has 9 heteroatoms. The summed E-state index contributed by atoms with van der Waals surface area (Å²) in [6.07, 6.45) is 1.17. The molecule has 1 atom stereocenters. The molecule has 27 heavy (non-hydrogen) atoms. The highest BCUT2D eigenvalue weighted by atomic mass is 35.5. The number of ether oxygens (including phenoxy) is 1. The zero-order valence-corrected chi connectivity index (χ0v) is 17.4. The van der Waals surface area contributed by atoms with E-state index in [1.54, 1.807) is 25.7 Å². The lowest BCUT2D eigenvalue weighted by Crippen LogP contribution is -2.45. The fourth-order valence-electron chi connectivity index (χ4n) is 2.88. The maximum Gasteiger partial charge on any atom is 0.410 e. The van der Waals surface area contributed by atoms with Crippen LogP contribution in [0, 0.1) is 11.7 Å². The molecule has 1 aromatic carbocycles. The third-order valence-electron chi connectivity index (χ3n) is 4.16. The minimum absolute atomic E-state index is 0.0304. The standard InChI is InChI=1S/C18H26ClFN2O4S/c1-18(2,3)26-17(23)22-9-5-6-13(11-22)10-21-27(24,25)12-14-15(19)7-4-8-16(14)20/h4,7-8,13,21H,5-6,9-12H2,1-3H3/t13-/m0/s1. The number of hydrogen-bond acceptors (Lipinski definition) is 4. The first kappa shape index (κ1) is 21.9. The van der Waals surface area contributed by atoms with Gasteiger partial charge < -0.3 is 9.64 Å². The summed E-state index contributed by atoms with van der Waals surface area (Å²) < 4.78 is 46.3. The zero-order chi connectivity index (χ0) is 20.2. The lowest BCUT2D eigenvalue weighted by molar-refractivity contribution is 0.0169. The van der Waals surface area contributed by atoms with Crippen LogP contribution in [-0.2, 0) is 20.5 Å². The molecule has 0 radical (unpaired) electrons. The first-order valence-corrected chi connectivity index (χ1v) is 10.9. The second kappa shape index (κ2) is 8.75. The SMILES string of the molecule is CC(C)(C)OC(=O)N1CCC[C@@H](CNS(=O)(=O)Cc2c(F)cccc2Cl)C1. The van der Waals surface area contributed by atoms with Crippen LogP contribution in [0.5, 0.6) is 0 Å². The monoisotopic (exact) mass is 420 g/mol. The smallest absolute Gasteiger partial charge is 0.410 e. The molecule has 6 nitrogen and oxygen atoms in total. The minimum atomic E-state index is -3.75. The molecule has 1 heterocycles. The van der Waals surface area contributed by atoms with E-state index in [0.717, 1.165) is 12.8 Å². The summed E-state index contributed by atoms with van der Waals surface area (Å²) in [6.45, 7) is 6.57. The molecular weight excluding hydrogens is 395 g/mol. The third kappa shape index (κ3) is 6.93. The number of likely N-dealkylation sites (tertiary alicyclic amines) is 1. The molecule has 1 aromatic rings. The number of amides is 1. The van der Waals surface area contributed by atoms with Crippen LogP contribution in [0.15, 0.2) is 18.2 Å². The molecule has 0 saturated carbocycles. The van der Waals surface area contributed by atoms with E-state index in [0.29, 0.717) is 13.1 Å². The van der Waals surface area contributed by atoms with Crippen molar-refractivity contribution in [3.05, 3.63) is 34.6 Å². The Morgan fingerprint density at radius 2 is 2.11 bits per heavy atom. The van der Waals surface area contributed by atoms with Crippen molar-refractivity contribution in [1.29, 1.82) is 0 Å². The van der Waals surface area contributed by atoms with Crippen molar-refractivity contribution in [2.75, 3.05) is 19.6 Å². The van der Waals surface area contributed by atoms with Crippen LogP contribution in [0.4, 0.5) is 9.18 Å². The van der Waals surface area contributed by atoms with Crippen molar-refractivity contribution in [1.82, 2.24) is 9.62 Å². The quantitative estimate of drug-likeness (QED) is 0.790. The maximum absolute atomic E-state index is 13.8. The highest BCUT2D eigenvalue weighted by Crippen LogP contribution is 2.22. The van der Waals surface area contributed by atoms with E-state index in [4.69, 9.17) is 16.3 Å². The van der Waals surface area contributed by atoms with E-state index >= 15 is 0 Å². The fraction of sp³-hybridized carbons (Fsp3) is 0.611. The van der Waals surface area contributed by atoms with Crippen LogP contribution in [-0.4, -0.2) is 44.6 Å². The van der Waals surface area contributed by atoms with Crippen molar-refractivity contribution >= 4 is 27.7 Å². The number of carbonyl (C=O) groups excluding carboxylic acids is 1. The van der Waals surface area contributed by atoms with Gasteiger partial charge in [0.05, 0.1) is 5.75 Å². The predicted molar refractivity (Wildman–Crippen MR) is 103 cm³/mol. The van der Waals surface area contributed by atoms with Crippen LogP contribution in [0.3, 0.4) is 0 Å². The Hall–Kier alpha value is -1.38. The Bertz CT molecular complexity index is 760. The number of carbonyl (C=O) groups is 1. The van der Waals surface area contributed by atoms with Crippen molar-refractivity contribution < 1.29 is 22.3 Å². The number of benzene rings is 1. The lowest BCUT2D eigenvalue weighted by atomic mass is 9.99. The van der Waals surface area contributed by atoms with Gasteiger partial charge in [0.1, 0.15) is 11.4 Å². The van der Waals surface area contributed by atoms with Gasteiger partial charge in [-0.3, -0.25) is 0 Å². The highest BCUT2D eigenvalue weighted by Gasteiger charge is 2.28. The molecule has 2 rings (SSSR count). The van der Waals surface area contributed by atoms with Crippen molar-refractivity contribution in [2.24, 2.45) is 5.92 Å². The molecule has 0 spiro atoms. The van der Waals surface area contributed by atoms with Gasteiger partial charge in [-0.05, 0) is 51.7 Å². The van der Waals surface area contributed by atoms with Gasteiger partial charge in [0.2, 0.25) is 10.0 Å². The Morgan fingerprint density at radius 1 is 1.41 bits per heavy atom. The van der Waals surface area contributed by atoms with E-state index < -0.39 is 33.3 Å². The summed E-state index contributed by atoms with van der Waals surface area (Å²) in [4.78, 5) is 13.8. The predicted octanol–water partition coefficient (Wildman–Crippen LogP) is 3.55. The maximum atomic E-state index is 13.8. The molecule has 1 amide bonds. The van der Waals surface area contributed by atoms with Crippen molar-refractivity contribution in [3.63, 3.8) is 0 Å². The number of hydrogen-bond donors (Lipinski definition) is 1.